The van der Waals surface area contributed by atoms with Crippen molar-refractivity contribution in [3.63, 3.8) is 0 Å². The van der Waals surface area contributed by atoms with E-state index in [1.165, 1.54) is 11.3 Å². The fourth-order valence-electron chi connectivity index (χ4n) is 2.59. The summed E-state index contributed by atoms with van der Waals surface area (Å²) in [7, 11) is -3.90. The lowest BCUT2D eigenvalue weighted by molar-refractivity contribution is 0.102. The van der Waals surface area contributed by atoms with Crippen molar-refractivity contribution in [3.05, 3.63) is 81.3 Å². The number of benzene rings is 2. The van der Waals surface area contributed by atoms with E-state index in [1.807, 2.05) is 19.2 Å². The molecule has 1 amide bonds. The molecule has 0 aliphatic heterocycles. The fraction of sp³-hybridized carbons (Fsp3) is 0.143. The van der Waals surface area contributed by atoms with Gasteiger partial charge in [-0.05, 0) is 68.3 Å². The van der Waals surface area contributed by atoms with E-state index in [4.69, 9.17) is 0 Å². The maximum absolute atomic E-state index is 13.0. The molecule has 0 radical (unpaired) electrons. The van der Waals surface area contributed by atoms with Crippen LogP contribution in [0.5, 0.6) is 0 Å². The van der Waals surface area contributed by atoms with Crippen molar-refractivity contribution >= 4 is 38.7 Å². The zero-order valence-corrected chi connectivity index (χ0v) is 18.2. The van der Waals surface area contributed by atoms with Crippen LogP contribution in [0.2, 0.25) is 0 Å². The first-order valence-electron chi connectivity index (χ1n) is 8.95. The monoisotopic (exact) mass is 445 g/mol. The number of hydrogen-bond donors (Lipinski definition) is 2. The zero-order chi connectivity index (χ0) is 21.9. The third kappa shape index (κ3) is 4.92. The maximum atomic E-state index is 13.0. The van der Waals surface area contributed by atoms with Crippen LogP contribution in [0.3, 0.4) is 0 Å². The molecule has 3 rings (SSSR count). The Hall–Kier alpha value is -3.04. The lowest BCUT2D eigenvalue weighted by Crippen LogP contribution is -2.20. The highest BCUT2D eigenvalue weighted by Gasteiger charge is 2.14. The number of amides is 1. The molecule has 0 fully saturated rings. The van der Waals surface area contributed by atoms with E-state index in [0.29, 0.717) is 22.5 Å². The van der Waals surface area contributed by atoms with Crippen molar-refractivity contribution in [3.8, 4) is 0 Å². The molecule has 1 heterocycles. The molecular formula is C21H20FN3O3S2. The van der Waals surface area contributed by atoms with Crippen LogP contribution in [-0.2, 0) is 10.0 Å². The number of nitrogens with one attached hydrogen (secondary N) is 2. The van der Waals surface area contributed by atoms with Crippen LogP contribution in [0.1, 0.15) is 33.3 Å². The first-order chi connectivity index (χ1) is 14.2. The molecule has 1 aromatic heterocycles. The molecule has 0 bridgehead atoms. The number of aryl methyl sites for hydroxylation is 1. The van der Waals surface area contributed by atoms with Crippen molar-refractivity contribution in [2.24, 2.45) is 5.10 Å². The third-order valence-electron chi connectivity index (χ3n) is 4.55. The molecule has 2 aromatic carbocycles. The molecule has 0 aliphatic carbocycles. The highest BCUT2D eigenvalue weighted by atomic mass is 32.2. The summed E-state index contributed by atoms with van der Waals surface area (Å²) < 4.78 is 37.4. The maximum Gasteiger partial charge on any atom is 0.276 e. The predicted molar refractivity (Wildman–Crippen MR) is 117 cm³/mol. The number of halogens is 1. The Morgan fingerprint density at radius 2 is 1.67 bits per heavy atom. The van der Waals surface area contributed by atoms with Gasteiger partial charge in [0.25, 0.3) is 15.9 Å². The summed E-state index contributed by atoms with van der Waals surface area (Å²) in [6.45, 7) is 5.53. The van der Waals surface area contributed by atoms with Gasteiger partial charge < -0.3 is 5.32 Å². The first-order valence-corrected chi connectivity index (χ1v) is 11.3. The van der Waals surface area contributed by atoms with Gasteiger partial charge >= 0.3 is 0 Å². The van der Waals surface area contributed by atoms with Crippen LogP contribution in [0.25, 0.3) is 0 Å². The topological polar surface area (TPSA) is 87.6 Å². The van der Waals surface area contributed by atoms with Gasteiger partial charge in [-0.3, -0.25) is 4.79 Å². The average molecular weight is 446 g/mol. The fourth-order valence-corrected chi connectivity index (χ4v) is 4.31. The number of hydrogen-bond acceptors (Lipinski definition) is 5. The number of hydrazone groups is 1. The third-order valence-corrected chi connectivity index (χ3v) is 6.79. The van der Waals surface area contributed by atoms with Gasteiger partial charge in [0.1, 0.15) is 5.82 Å². The highest BCUT2D eigenvalue weighted by molar-refractivity contribution is 7.89. The predicted octanol–water partition coefficient (Wildman–Crippen LogP) is 4.46. The van der Waals surface area contributed by atoms with Crippen LogP contribution in [0.4, 0.5) is 10.1 Å². The van der Waals surface area contributed by atoms with Gasteiger partial charge in [-0.2, -0.15) is 18.4 Å². The highest BCUT2D eigenvalue weighted by Crippen LogP contribution is 2.22. The Kier molecular flexibility index (Phi) is 6.33. The summed E-state index contributed by atoms with van der Waals surface area (Å²) in [6.07, 6.45) is 0. The number of thiophene rings is 1. The van der Waals surface area contributed by atoms with Crippen molar-refractivity contribution in [2.75, 3.05) is 5.32 Å². The minimum absolute atomic E-state index is 0.0857. The minimum Gasteiger partial charge on any atom is -0.322 e. The molecule has 156 valence electrons. The molecule has 30 heavy (non-hydrogen) atoms. The van der Waals surface area contributed by atoms with E-state index in [0.717, 1.165) is 34.7 Å². The standard InChI is InChI=1S/C21H20FN3O3S2/c1-13-15(3)29-12-20(13)21(26)23-18-8-4-16(5-9-18)14(2)24-25-30(27,28)19-10-6-17(22)7-11-19/h4-12,25H,1-3H3,(H,23,26). The van der Waals surface area contributed by atoms with Gasteiger partial charge in [0.2, 0.25) is 0 Å². The zero-order valence-electron chi connectivity index (χ0n) is 16.6. The summed E-state index contributed by atoms with van der Waals surface area (Å²) in [4.78, 5) is 15.6. The van der Waals surface area contributed by atoms with Crippen LogP contribution < -0.4 is 10.1 Å². The number of anilines is 1. The number of carbonyl (C=O) groups excluding carboxylic acids is 1. The first kappa shape index (κ1) is 21.7. The van der Waals surface area contributed by atoms with Gasteiger partial charge in [-0.25, -0.2) is 4.39 Å². The second-order valence-electron chi connectivity index (χ2n) is 6.61. The molecule has 0 unspecified atom stereocenters. The molecule has 9 heteroatoms. The summed E-state index contributed by atoms with van der Waals surface area (Å²) >= 11 is 1.53. The summed E-state index contributed by atoms with van der Waals surface area (Å²) in [5.74, 6) is -0.702. The molecular weight excluding hydrogens is 425 g/mol. The molecule has 0 atom stereocenters. The molecule has 6 nitrogen and oxygen atoms in total. The van der Waals surface area contributed by atoms with Crippen LogP contribution >= 0.6 is 11.3 Å². The van der Waals surface area contributed by atoms with E-state index in [1.54, 1.807) is 31.2 Å². The van der Waals surface area contributed by atoms with Crippen molar-refractivity contribution < 1.29 is 17.6 Å². The minimum atomic E-state index is -3.90. The Morgan fingerprint density at radius 1 is 1.03 bits per heavy atom. The normalized spacial score (nSPS) is 11.9. The van der Waals surface area contributed by atoms with Gasteiger partial charge in [0.15, 0.2) is 0 Å². The molecule has 0 spiro atoms. The summed E-state index contributed by atoms with van der Waals surface area (Å²) in [5, 5.41) is 8.59. The number of rotatable bonds is 6. The van der Waals surface area contributed by atoms with Gasteiger partial charge in [-0.15, -0.1) is 11.3 Å². The van der Waals surface area contributed by atoms with Crippen molar-refractivity contribution in [1.29, 1.82) is 0 Å². The van der Waals surface area contributed by atoms with E-state index in [-0.39, 0.29) is 10.8 Å². The van der Waals surface area contributed by atoms with Gasteiger partial charge in [0, 0.05) is 15.9 Å². The molecule has 2 N–H and O–H groups in total. The van der Waals surface area contributed by atoms with Crippen LogP contribution in [0.15, 0.2) is 63.9 Å². The molecule has 0 aliphatic rings. The van der Waals surface area contributed by atoms with E-state index < -0.39 is 15.8 Å². The Balaban J connectivity index is 1.68. The SMILES string of the molecule is CC(=NNS(=O)(=O)c1ccc(F)cc1)c1ccc(NC(=O)c2csc(C)c2C)cc1. The van der Waals surface area contributed by atoms with Gasteiger partial charge in [-0.1, -0.05) is 12.1 Å². The van der Waals surface area contributed by atoms with Crippen molar-refractivity contribution in [1.82, 2.24) is 4.83 Å². The summed E-state index contributed by atoms with van der Waals surface area (Å²) in [6, 6.07) is 11.4. The molecule has 0 saturated heterocycles. The lowest BCUT2D eigenvalue weighted by atomic mass is 10.1. The second kappa shape index (κ2) is 8.76. The van der Waals surface area contributed by atoms with E-state index in [9.17, 15) is 17.6 Å². The molecule has 0 saturated carbocycles. The van der Waals surface area contributed by atoms with Gasteiger partial charge in [0.05, 0.1) is 16.2 Å². The number of carbonyl (C=O) groups is 1. The quantitative estimate of drug-likeness (QED) is 0.434. The van der Waals surface area contributed by atoms with Crippen LogP contribution in [0, 0.1) is 19.7 Å². The Labute approximate surface area is 178 Å². The smallest absolute Gasteiger partial charge is 0.276 e. The Bertz CT molecular complexity index is 1200. The van der Waals surface area contributed by atoms with Crippen molar-refractivity contribution in [2.45, 2.75) is 25.7 Å². The largest absolute Gasteiger partial charge is 0.322 e. The van der Waals surface area contributed by atoms with E-state index >= 15 is 0 Å². The second-order valence-corrected chi connectivity index (χ2v) is 9.35. The number of sulfonamides is 1. The Morgan fingerprint density at radius 3 is 2.23 bits per heavy atom. The molecule has 3 aromatic rings. The average Bonchev–Trinajstić information content (AvgIpc) is 3.06. The van der Waals surface area contributed by atoms with E-state index in [2.05, 4.69) is 15.2 Å². The van der Waals surface area contributed by atoms with Crippen LogP contribution in [-0.4, -0.2) is 20.0 Å². The lowest BCUT2D eigenvalue weighted by Gasteiger charge is -2.08. The number of nitrogens with zero attached hydrogens (tertiary/aromatic N) is 1. The summed E-state index contributed by atoms with van der Waals surface area (Å²) in [5.41, 5.74) is 3.34.